The molecular formula is C41H26N2O2. The van der Waals surface area contributed by atoms with Gasteiger partial charge in [-0.1, -0.05) is 103 Å². The lowest BCUT2D eigenvalue weighted by Crippen LogP contribution is -2.10. The Labute approximate surface area is 259 Å². The molecular weight excluding hydrogens is 552 g/mol. The fourth-order valence-electron chi connectivity index (χ4n) is 6.28. The molecule has 0 aliphatic rings. The number of hydrogen-bond donors (Lipinski definition) is 0. The van der Waals surface area contributed by atoms with Gasteiger partial charge in [0.25, 0.3) is 0 Å². The Kier molecular flexibility index (Phi) is 5.78. The summed E-state index contributed by atoms with van der Waals surface area (Å²) in [4.78, 5) is 7.11. The Morgan fingerprint density at radius 1 is 0.444 bits per heavy atom. The summed E-state index contributed by atoms with van der Waals surface area (Å²) in [6.45, 7) is 0. The Hall–Kier alpha value is -6.13. The number of rotatable bonds is 5. The minimum absolute atomic E-state index is 0.601. The molecule has 2 heterocycles. The summed E-state index contributed by atoms with van der Waals surface area (Å²) >= 11 is 0. The predicted octanol–water partition coefficient (Wildman–Crippen LogP) is 11.7. The van der Waals surface area contributed by atoms with Gasteiger partial charge in [0, 0.05) is 33.8 Å². The van der Waals surface area contributed by atoms with Crippen LogP contribution in [0.15, 0.2) is 167 Å². The second kappa shape index (κ2) is 10.2. The third-order valence-corrected chi connectivity index (χ3v) is 8.45. The van der Waals surface area contributed by atoms with E-state index in [1.54, 1.807) is 0 Å². The van der Waals surface area contributed by atoms with Crippen molar-refractivity contribution in [3.8, 4) is 22.6 Å². The van der Waals surface area contributed by atoms with E-state index in [-0.39, 0.29) is 0 Å². The molecule has 7 aromatic carbocycles. The standard InChI is InChI=1S/C41H26N2O2/c1-3-11-27(12-4-1)31-17-9-18-32(23-31)43(33-22-21-28-13-7-8-16-30(28)24-33)37-20-10-19-34-35-25-36-39(26-38(35)44-40(34)37)45-41(42-36)29-14-5-2-6-15-29/h1-26H. The lowest BCUT2D eigenvalue weighted by Gasteiger charge is -2.26. The molecule has 0 unspecified atom stereocenters. The maximum atomic E-state index is 6.70. The van der Waals surface area contributed by atoms with E-state index in [1.807, 2.05) is 42.5 Å². The van der Waals surface area contributed by atoms with Gasteiger partial charge >= 0.3 is 0 Å². The number of fused-ring (bicyclic) bond motifs is 5. The molecule has 0 aliphatic carbocycles. The van der Waals surface area contributed by atoms with Crippen molar-refractivity contribution < 1.29 is 8.83 Å². The summed E-state index contributed by atoms with van der Waals surface area (Å²) in [5.41, 5.74) is 9.39. The number of para-hydroxylation sites is 1. The molecule has 0 radical (unpaired) electrons. The Morgan fingerprint density at radius 3 is 2.00 bits per heavy atom. The number of oxazole rings is 1. The lowest BCUT2D eigenvalue weighted by atomic mass is 10.0. The predicted molar refractivity (Wildman–Crippen MR) is 184 cm³/mol. The van der Waals surface area contributed by atoms with Crippen molar-refractivity contribution >= 4 is 60.9 Å². The smallest absolute Gasteiger partial charge is 0.227 e. The van der Waals surface area contributed by atoms with Crippen LogP contribution in [-0.2, 0) is 0 Å². The minimum Gasteiger partial charge on any atom is -0.454 e. The lowest BCUT2D eigenvalue weighted by molar-refractivity contribution is 0.617. The summed E-state index contributed by atoms with van der Waals surface area (Å²) < 4.78 is 12.9. The summed E-state index contributed by atoms with van der Waals surface area (Å²) in [5.74, 6) is 0.601. The maximum Gasteiger partial charge on any atom is 0.227 e. The van der Waals surface area contributed by atoms with Crippen LogP contribution in [0.4, 0.5) is 17.1 Å². The third-order valence-electron chi connectivity index (χ3n) is 8.45. The molecule has 212 valence electrons. The quantitative estimate of drug-likeness (QED) is 0.204. The highest BCUT2D eigenvalue weighted by atomic mass is 16.4. The molecule has 0 amide bonds. The van der Waals surface area contributed by atoms with Crippen LogP contribution in [0.5, 0.6) is 0 Å². The van der Waals surface area contributed by atoms with Crippen molar-refractivity contribution in [2.75, 3.05) is 4.90 Å². The zero-order chi connectivity index (χ0) is 29.7. The highest BCUT2D eigenvalue weighted by Crippen LogP contribution is 2.44. The van der Waals surface area contributed by atoms with Gasteiger partial charge in [-0.05, 0) is 70.4 Å². The van der Waals surface area contributed by atoms with Crippen molar-refractivity contribution in [1.82, 2.24) is 4.98 Å². The number of benzene rings is 7. The Balaban J connectivity index is 1.25. The molecule has 45 heavy (non-hydrogen) atoms. The highest BCUT2D eigenvalue weighted by molar-refractivity contribution is 6.13. The molecule has 0 atom stereocenters. The van der Waals surface area contributed by atoms with Crippen LogP contribution >= 0.6 is 0 Å². The molecule has 9 aromatic rings. The Morgan fingerprint density at radius 2 is 1.16 bits per heavy atom. The number of furan rings is 1. The number of nitrogens with zero attached hydrogens (tertiary/aromatic N) is 2. The minimum atomic E-state index is 0.601. The van der Waals surface area contributed by atoms with Crippen molar-refractivity contribution in [2.24, 2.45) is 0 Å². The molecule has 9 rings (SSSR count). The summed E-state index contributed by atoms with van der Waals surface area (Å²) in [6.07, 6.45) is 0. The van der Waals surface area contributed by atoms with E-state index >= 15 is 0 Å². The first kappa shape index (κ1) is 25.4. The molecule has 0 saturated heterocycles. The largest absolute Gasteiger partial charge is 0.454 e. The van der Waals surface area contributed by atoms with Crippen LogP contribution in [0, 0.1) is 0 Å². The van der Waals surface area contributed by atoms with E-state index in [0.717, 1.165) is 55.6 Å². The van der Waals surface area contributed by atoms with Gasteiger partial charge in [0.2, 0.25) is 5.89 Å². The van der Waals surface area contributed by atoms with Crippen molar-refractivity contribution in [3.05, 3.63) is 158 Å². The first-order valence-corrected chi connectivity index (χ1v) is 15.0. The first-order valence-electron chi connectivity index (χ1n) is 15.0. The maximum absolute atomic E-state index is 6.70. The molecule has 0 fully saturated rings. The molecule has 0 N–H and O–H groups in total. The van der Waals surface area contributed by atoms with Crippen molar-refractivity contribution in [3.63, 3.8) is 0 Å². The van der Waals surface area contributed by atoms with Crippen LogP contribution in [0.2, 0.25) is 0 Å². The van der Waals surface area contributed by atoms with Crippen LogP contribution < -0.4 is 4.90 Å². The van der Waals surface area contributed by atoms with Gasteiger partial charge in [-0.3, -0.25) is 0 Å². The summed E-state index contributed by atoms with van der Waals surface area (Å²) in [7, 11) is 0. The van der Waals surface area contributed by atoms with Gasteiger partial charge in [0.05, 0.1) is 5.69 Å². The van der Waals surface area contributed by atoms with Crippen LogP contribution in [0.3, 0.4) is 0 Å². The second-order valence-electron chi connectivity index (χ2n) is 11.2. The monoisotopic (exact) mass is 578 g/mol. The van der Waals surface area contributed by atoms with Crippen LogP contribution in [0.25, 0.3) is 66.4 Å². The van der Waals surface area contributed by atoms with E-state index in [0.29, 0.717) is 11.5 Å². The first-order chi connectivity index (χ1) is 22.3. The zero-order valence-electron chi connectivity index (χ0n) is 24.2. The SMILES string of the molecule is c1ccc(-c2cccc(N(c3ccc4ccccc4c3)c3cccc4c3oc3cc5oc(-c6ccccc6)nc5cc34)c2)cc1. The van der Waals surface area contributed by atoms with Crippen molar-refractivity contribution in [2.45, 2.75) is 0 Å². The normalized spacial score (nSPS) is 11.6. The fourth-order valence-corrected chi connectivity index (χ4v) is 6.28. The van der Waals surface area contributed by atoms with Gasteiger partial charge in [-0.25, -0.2) is 4.98 Å². The third kappa shape index (κ3) is 4.35. The molecule has 4 nitrogen and oxygen atoms in total. The molecule has 0 spiro atoms. The number of aromatic nitrogens is 1. The van der Waals surface area contributed by atoms with Gasteiger partial charge in [-0.2, -0.15) is 0 Å². The Bertz CT molecular complexity index is 2490. The average Bonchev–Trinajstić information content (AvgIpc) is 3.69. The van der Waals surface area contributed by atoms with Crippen LogP contribution in [-0.4, -0.2) is 4.98 Å². The van der Waals surface area contributed by atoms with Gasteiger partial charge in [0.1, 0.15) is 11.1 Å². The summed E-state index contributed by atoms with van der Waals surface area (Å²) in [5, 5.41) is 4.41. The molecule has 2 aromatic heterocycles. The van der Waals surface area contributed by atoms with E-state index in [9.17, 15) is 0 Å². The van der Waals surface area contributed by atoms with E-state index < -0.39 is 0 Å². The molecule has 4 heteroatoms. The van der Waals surface area contributed by atoms with Gasteiger partial charge < -0.3 is 13.7 Å². The van der Waals surface area contributed by atoms with Crippen LogP contribution in [0.1, 0.15) is 0 Å². The average molecular weight is 579 g/mol. The zero-order valence-corrected chi connectivity index (χ0v) is 24.2. The fraction of sp³-hybridized carbons (Fsp3) is 0. The number of hydrogen-bond acceptors (Lipinski definition) is 4. The summed E-state index contributed by atoms with van der Waals surface area (Å²) in [6, 6.07) is 54.6. The highest BCUT2D eigenvalue weighted by Gasteiger charge is 2.21. The molecule has 0 bridgehead atoms. The molecule has 0 aliphatic heterocycles. The molecule has 0 saturated carbocycles. The van der Waals surface area contributed by atoms with E-state index in [1.165, 1.54) is 16.3 Å². The van der Waals surface area contributed by atoms with E-state index in [4.69, 9.17) is 13.8 Å². The van der Waals surface area contributed by atoms with E-state index in [2.05, 4.69) is 120 Å². The van der Waals surface area contributed by atoms with Gasteiger partial charge in [0.15, 0.2) is 11.2 Å². The van der Waals surface area contributed by atoms with Crippen molar-refractivity contribution in [1.29, 1.82) is 0 Å². The topological polar surface area (TPSA) is 42.4 Å². The van der Waals surface area contributed by atoms with Gasteiger partial charge in [-0.15, -0.1) is 0 Å². The second-order valence-corrected chi connectivity index (χ2v) is 11.2. The number of anilines is 3.